The van der Waals surface area contributed by atoms with Crippen molar-refractivity contribution in [2.45, 2.75) is 39.0 Å². The Morgan fingerprint density at radius 2 is 2.08 bits per heavy atom. The molecule has 6 nitrogen and oxygen atoms in total. The van der Waals surface area contributed by atoms with Gasteiger partial charge in [0.1, 0.15) is 9.71 Å². The fraction of sp³-hybridized carbons (Fsp3) is 0.526. The van der Waals surface area contributed by atoms with Crippen molar-refractivity contribution in [3.63, 3.8) is 0 Å². The molecule has 0 saturated carbocycles. The van der Waals surface area contributed by atoms with Crippen LogP contribution in [0, 0.1) is 0 Å². The van der Waals surface area contributed by atoms with Gasteiger partial charge < -0.3 is 10.1 Å². The molecule has 7 heteroatoms. The largest absolute Gasteiger partial charge is 0.462 e. The highest BCUT2D eigenvalue weighted by molar-refractivity contribution is 7.21. The lowest BCUT2D eigenvalue weighted by Crippen LogP contribution is -2.31. The SMILES string of the molecule is CCOC(=O)c1sc2nc3c(cc2c1NC(=O)CN1CCCC1)CCC3. The molecule has 2 aromatic rings. The lowest BCUT2D eigenvalue weighted by Gasteiger charge is -2.14. The molecule has 1 N–H and O–H groups in total. The third kappa shape index (κ3) is 3.33. The molecule has 1 saturated heterocycles. The Balaban J connectivity index is 1.68. The monoisotopic (exact) mass is 373 g/mol. The van der Waals surface area contributed by atoms with E-state index in [1.54, 1.807) is 6.92 Å². The van der Waals surface area contributed by atoms with Gasteiger partial charge in [0.2, 0.25) is 5.91 Å². The molecule has 26 heavy (non-hydrogen) atoms. The highest BCUT2D eigenvalue weighted by Gasteiger charge is 2.25. The molecule has 3 heterocycles. The van der Waals surface area contributed by atoms with Crippen LogP contribution in [0.2, 0.25) is 0 Å². The van der Waals surface area contributed by atoms with Gasteiger partial charge in [-0.05, 0) is 63.7 Å². The Kier molecular flexibility index (Phi) is 4.91. The molecule has 2 aliphatic rings. The molecule has 1 aliphatic carbocycles. The number of aromatic nitrogens is 1. The third-order valence-corrected chi connectivity index (χ3v) is 6.08. The van der Waals surface area contributed by atoms with Crippen molar-refractivity contribution in [2.24, 2.45) is 0 Å². The lowest BCUT2D eigenvalue weighted by atomic mass is 10.1. The molecular formula is C19H23N3O3S. The highest BCUT2D eigenvalue weighted by atomic mass is 32.1. The number of aryl methyl sites for hydroxylation is 2. The summed E-state index contributed by atoms with van der Waals surface area (Å²) < 4.78 is 5.20. The zero-order valence-electron chi connectivity index (χ0n) is 15.0. The van der Waals surface area contributed by atoms with E-state index in [-0.39, 0.29) is 5.91 Å². The number of hydrogen-bond acceptors (Lipinski definition) is 6. The molecule has 0 aromatic carbocycles. The molecular weight excluding hydrogens is 350 g/mol. The van der Waals surface area contributed by atoms with E-state index in [4.69, 9.17) is 9.72 Å². The molecule has 1 aliphatic heterocycles. The number of anilines is 1. The van der Waals surface area contributed by atoms with Gasteiger partial charge >= 0.3 is 5.97 Å². The molecule has 0 unspecified atom stereocenters. The zero-order chi connectivity index (χ0) is 18.1. The number of ether oxygens (including phenoxy) is 1. The van der Waals surface area contributed by atoms with E-state index in [1.807, 2.05) is 0 Å². The minimum absolute atomic E-state index is 0.0855. The summed E-state index contributed by atoms with van der Waals surface area (Å²) in [5, 5.41) is 3.83. The number of nitrogens with one attached hydrogen (secondary N) is 1. The van der Waals surface area contributed by atoms with Crippen molar-refractivity contribution in [1.82, 2.24) is 9.88 Å². The number of rotatable bonds is 5. The number of carbonyl (C=O) groups excluding carboxylic acids is 2. The van der Waals surface area contributed by atoms with E-state index < -0.39 is 5.97 Å². The van der Waals surface area contributed by atoms with Crippen LogP contribution in [0.25, 0.3) is 10.2 Å². The Hall–Kier alpha value is -1.99. The van der Waals surface area contributed by atoms with Crippen LogP contribution in [0.3, 0.4) is 0 Å². The number of pyridine rings is 1. The van der Waals surface area contributed by atoms with Gasteiger partial charge in [-0.25, -0.2) is 9.78 Å². The maximum Gasteiger partial charge on any atom is 0.350 e. The first-order valence-corrected chi connectivity index (χ1v) is 10.1. The lowest BCUT2D eigenvalue weighted by molar-refractivity contribution is -0.117. The van der Waals surface area contributed by atoms with Crippen LogP contribution < -0.4 is 5.32 Å². The predicted molar refractivity (Wildman–Crippen MR) is 102 cm³/mol. The molecule has 1 fully saturated rings. The summed E-state index contributed by atoms with van der Waals surface area (Å²) in [5.74, 6) is -0.482. The quantitative estimate of drug-likeness (QED) is 0.816. The van der Waals surface area contributed by atoms with Gasteiger partial charge in [-0.1, -0.05) is 0 Å². The molecule has 1 amide bonds. The maximum atomic E-state index is 12.6. The normalized spacial score (nSPS) is 16.8. The fourth-order valence-electron chi connectivity index (χ4n) is 3.77. The molecule has 0 bridgehead atoms. The summed E-state index contributed by atoms with van der Waals surface area (Å²) in [4.78, 5) is 33.1. The Morgan fingerprint density at radius 3 is 2.85 bits per heavy atom. The van der Waals surface area contributed by atoms with E-state index in [0.717, 1.165) is 61.1 Å². The Labute approximate surface area is 156 Å². The number of amides is 1. The van der Waals surface area contributed by atoms with Crippen LogP contribution >= 0.6 is 11.3 Å². The summed E-state index contributed by atoms with van der Waals surface area (Å²) in [6.07, 6.45) is 5.37. The average molecular weight is 373 g/mol. The van der Waals surface area contributed by atoms with Crippen LogP contribution in [0.1, 0.15) is 47.1 Å². The van der Waals surface area contributed by atoms with E-state index >= 15 is 0 Å². The first-order valence-electron chi connectivity index (χ1n) is 9.30. The third-order valence-electron chi connectivity index (χ3n) is 5.00. The standard InChI is InChI=1S/C19H23N3O3S/c1-2-25-19(24)17-16(21-15(23)11-22-8-3-4-9-22)13-10-12-6-5-7-14(12)20-18(13)26-17/h10H,2-9,11H2,1H3,(H,21,23). The maximum absolute atomic E-state index is 12.6. The number of fused-ring (bicyclic) bond motifs is 2. The number of carbonyl (C=O) groups is 2. The molecule has 2 aromatic heterocycles. The number of nitrogens with zero attached hydrogens (tertiary/aromatic N) is 2. The molecule has 138 valence electrons. The van der Waals surface area contributed by atoms with Crippen molar-refractivity contribution < 1.29 is 14.3 Å². The predicted octanol–water partition coefficient (Wildman–Crippen LogP) is 3.00. The van der Waals surface area contributed by atoms with Gasteiger partial charge in [-0.3, -0.25) is 9.69 Å². The van der Waals surface area contributed by atoms with Gasteiger partial charge in [0.15, 0.2) is 0 Å². The number of esters is 1. The van der Waals surface area contributed by atoms with E-state index in [0.29, 0.717) is 23.7 Å². The second-order valence-electron chi connectivity index (χ2n) is 6.86. The van der Waals surface area contributed by atoms with Gasteiger partial charge in [-0.2, -0.15) is 0 Å². The van der Waals surface area contributed by atoms with Gasteiger partial charge in [0.25, 0.3) is 0 Å². The van der Waals surface area contributed by atoms with Crippen LogP contribution in [-0.2, 0) is 22.4 Å². The van der Waals surface area contributed by atoms with Crippen molar-refractivity contribution >= 4 is 39.1 Å². The molecule has 4 rings (SSSR count). The first kappa shape index (κ1) is 17.4. The van der Waals surface area contributed by atoms with Crippen LogP contribution in [0.4, 0.5) is 5.69 Å². The number of likely N-dealkylation sites (tertiary alicyclic amines) is 1. The second kappa shape index (κ2) is 7.32. The molecule has 0 radical (unpaired) electrons. The summed E-state index contributed by atoms with van der Waals surface area (Å²) in [5.41, 5.74) is 2.90. The van der Waals surface area contributed by atoms with E-state index in [1.165, 1.54) is 16.9 Å². The molecule has 0 atom stereocenters. The highest BCUT2D eigenvalue weighted by Crippen LogP contribution is 2.38. The fourth-order valence-corrected chi connectivity index (χ4v) is 4.79. The first-order chi connectivity index (χ1) is 12.7. The average Bonchev–Trinajstić information content (AvgIpc) is 3.33. The van der Waals surface area contributed by atoms with Crippen molar-refractivity contribution in [3.05, 3.63) is 22.2 Å². The number of thiophene rings is 1. The summed E-state index contributed by atoms with van der Waals surface area (Å²) in [6.45, 7) is 4.36. The minimum Gasteiger partial charge on any atom is -0.462 e. The van der Waals surface area contributed by atoms with Crippen LogP contribution in [0.15, 0.2) is 6.07 Å². The summed E-state index contributed by atoms with van der Waals surface area (Å²) in [7, 11) is 0. The van der Waals surface area contributed by atoms with Gasteiger partial charge in [0, 0.05) is 11.1 Å². The summed E-state index contributed by atoms with van der Waals surface area (Å²) in [6, 6.07) is 2.09. The van der Waals surface area contributed by atoms with E-state index in [2.05, 4.69) is 16.3 Å². The van der Waals surface area contributed by atoms with Gasteiger partial charge in [-0.15, -0.1) is 11.3 Å². The zero-order valence-corrected chi connectivity index (χ0v) is 15.8. The second-order valence-corrected chi connectivity index (χ2v) is 7.86. The van der Waals surface area contributed by atoms with E-state index in [9.17, 15) is 9.59 Å². The Bertz CT molecular complexity index is 855. The van der Waals surface area contributed by atoms with Gasteiger partial charge in [0.05, 0.1) is 18.8 Å². The van der Waals surface area contributed by atoms with Crippen molar-refractivity contribution in [1.29, 1.82) is 0 Å². The molecule has 0 spiro atoms. The van der Waals surface area contributed by atoms with Crippen molar-refractivity contribution in [2.75, 3.05) is 31.6 Å². The smallest absolute Gasteiger partial charge is 0.350 e. The Morgan fingerprint density at radius 1 is 1.27 bits per heavy atom. The summed E-state index contributed by atoms with van der Waals surface area (Å²) >= 11 is 1.31. The minimum atomic E-state index is -0.396. The van der Waals surface area contributed by atoms with Crippen LogP contribution in [0.5, 0.6) is 0 Å². The van der Waals surface area contributed by atoms with Crippen molar-refractivity contribution in [3.8, 4) is 0 Å². The van der Waals surface area contributed by atoms with Crippen LogP contribution in [-0.4, -0.2) is 48.0 Å². The topological polar surface area (TPSA) is 71.5 Å². The number of hydrogen-bond donors (Lipinski definition) is 1.